The zero-order valence-corrected chi connectivity index (χ0v) is 2.63. The Morgan fingerprint density at radius 3 is 0.500 bits per heavy atom. The Hall–Kier alpha value is -1.24. The lowest BCUT2D eigenvalue weighted by molar-refractivity contribution is -0.193. The molecule has 0 aliphatic carbocycles. The van der Waals surface area contributed by atoms with Gasteiger partial charge in [0.1, 0.15) is 0 Å². The van der Waals surface area contributed by atoms with Crippen molar-refractivity contribution in [2.45, 2.75) is 29.7 Å². The fourth-order valence-corrected chi connectivity index (χ4v) is 0. The molecule has 0 aromatic rings. The summed E-state index contributed by atoms with van der Waals surface area (Å²) in [5, 5.41) is 0. The first-order valence-electron chi connectivity index (χ1n) is 0.816. The van der Waals surface area contributed by atoms with Crippen LogP contribution in [0, 0.1) is 0 Å². The van der Waals surface area contributed by atoms with E-state index in [4.69, 9.17) is 19.2 Å². The largest absolute Gasteiger partial charge is 0.373 e. The van der Waals surface area contributed by atoms with Crippen LogP contribution in [0.15, 0.2) is 0 Å². The summed E-state index contributed by atoms with van der Waals surface area (Å²) in [4.78, 5) is 32.5. The van der Waals surface area contributed by atoms with Crippen molar-refractivity contribution in [3.8, 4) is 0 Å². The Balaban J connectivity index is -0.00000000571. The molecule has 0 atom stereocenters. The average Bonchev–Trinajstić information content (AvgIpc) is 1.39. The third-order valence-corrected chi connectivity index (χ3v) is 0. The highest BCUT2D eigenvalue weighted by Crippen LogP contribution is 0.790. The minimum absolute atomic E-state index is 0. The molecular formula is C6H16O4. The maximum Gasteiger partial charge on any atom is 0.373 e. The van der Waals surface area contributed by atoms with Crippen molar-refractivity contribution in [1.29, 1.82) is 0 Å². The molecule has 0 radical (unpaired) electrons. The maximum atomic E-state index is 8.12. The maximum absolute atomic E-state index is 8.12. The quantitative estimate of drug-likeness (QED) is 0.525. The molecule has 4 nitrogen and oxygen atoms in total. The number of rotatable bonds is 0. The van der Waals surface area contributed by atoms with E-state index < -0.39 is 0 Å². The number of hydrogen-bond donors (Lipinski definition) is 0. The van der Waals surface area contributed by atoms with E-state index in [2.05, 4.69) is 0 Å². The Morgan fingerprint density at radius 2 is 0.500 bits per heavy atom. The Labute approximate surface area is 62.2 Å². The third kappa shape index (κ3) is 146. The van der Waals surface area contributed by atoms with Gasteiger partial charge in [-0.2, -0.15) is 19.2 Å². The van der Waals surface area contributed by atoms with Gasteiger partial charge in [-0.15, -0.1) is 0 Å². The van der Waals surface area contributed by atoms with E-state index in [0.717, 1.165) is 0 Å². The second-order valence-electron chi connectivity index (χ2n) is 0.167. The van der Waals surface area contributed by atoms with Gasteiger partial charge in [0.15, 0.2) is 0 Å². The van der Waals surface area contributed by atoms with E-state index in [9.17, 15) is 0 Å². The van der Waals surface area contributed by atoms with E-state index in [1.54, 1.807) is 0 Å². The number of carbonyl (C=O) groups excluding carboxylic acids is 4. The highest BCUT2D eigenvalue weighted by Gasteiger charge is 1.13. The van der Waals surface area contributed by atoms with Gasteiger partial charge in [0.2, 0.25) is 0 Å². The van der Waals surface area contributed by atoms with Crippen LogP contribution in [-0.4, -0.2) is 12.3 Å². The summed E-state index contributed by atoms with van der Waals surface area (Å²) < 4.78 is 0. The summed E-state index contributed by atoms with van der Waals surface area (Å²) in [6, 6.07) is 0. The second kappa shape index (κ2) is 614. The minimum atomic E-state index is 0. The van der Waals surface area contributed by atoms with Crippen molar-refractivity contribution in [1.82, 2.24) is 0 Å². The van der Waals surface area contributed by atoms with Gasteiger partial charge in [0.05, 0.1) is 0 Å². The molecule has 0 spiro atoms. The van der Waals surface area contributed by atoms with E-state index in [1.165, 1.54) is 0 Å². The molecule has 0 saturated heterocycles. The van der Waals surface area contributed by atoms with Crippen LogP contribution >= 0.6 is 0 Å². The second-order valence-corrected chi connectivity index (χ2v) is 0.167. The summed E-state index contributed by atoms with van der Waals surface area (Å²) in [5.74, 6) is 0. The fraction of sp³-hybridized carbons (Fsp3) is 0.667. The van der Waals surface area contributed by atoms with Gasteiger partial charge >= 0.3 is 12.3 Å². The van der Waals surface area contributed by atoms with Crippen molar-refractivity contribution < 1.29 is 19.2 Å². The summed E-state index contributed by atoms with van der Waals surface area (Å²) in [7, 11) is 0. The molecular weight excluding hydrogens is 136 g/mol. The molecule has 0 aliphatic rings. The molecule has 0 saturated carbocycles. The normalized spacial score (nSPS) is 1.60. The molecule has 0 fully saturated rings. The highest BCUT2D eigenvalue weighted by molar-refractivity contribution is 5.20. The Morgan fingerprint density at radius 1 is 0.500 bits per heavy atom. The molecule has 0 rings (SSSR count). The zero-order valence-electron chi connectivity index (χ0n) is 2.63. The highest BCUT2D eigenvalue weighted by atomic mass is 16.2. The molecule has 10 heavy (non-hydrogen) atoms. The van der Waals surface area contributed by atoms with Crippen molar-refractivity contribution in [3.63, 3.8) is 0 Å². The van der Waals surface area contributed by atoms with Crippen LogP contribution in [0.2, 0.25) is 0 Å². The van der Waals surface area contributed by atoms with Gasteiger partial charge in [-0.05, 0) is 0 Å². The Kier molecular flexibility index (Phi) is 4250. The van der Waals surface area contributed by atoms with Crippen LogP contribution < -0.4 is 0 Å². The van der Waals surface area contributed by atoms with E-state index in [0.29, 0.717) is 0 Å². The van der Waals surface area contributed by atoms with Crippen LogP contribution in [0.4, 0.5) is 0 Å². The lowest BCUT2D eigenvalue weighted by Gasteiger charge is -0.945. The first kappa shape index (κ1) is 69.2. The predicted octanol–water partition coefficient (Wildman–Crippen LogP) is 1.38. The Bertz CT molecular complexity index is 63.7. The smallest absolute Gasteiger partial charge is 0.186 e. The summed E-state index contributed by atoms with van der Waals surface area (Å²) in [5.41, 5.74) is 0. The molecule has 0 N–H and O–H groups in total. The van der Waals surface area contributed by atoms with Crippen molar-refractivity contribution in [3.05, 3.63) is 0 Å². The van der Waals surface area contributed by atoms with E-state index in [-0.39, 0.29) is 42.0 Å². The van der Waals surface area contributed by atoms with Crippen molar-refractivity contribution >= 4 is 12.3 Å². The number of hydrogen-bond acceptors (Lipinski definition) is 4. The first-order valence-corrected chi connectivity index (χ1v) is 0.816. The lowest BCUT2D eigenvalue weighted by Crippen LogP contribution is -1.22. The summed E-state index contributed by atoms with van der Waals surface area (Å²) in [6.07, 6.45) is 0.500. The van der Waals surface area contributed by atoms with Gasteiger partial charge in [-0.1, -0.05) is 29.7 Å². The van der Waals surface area contributed by atoms with E-state index in [1.807, 2.05) is 0 Å². The minimum Gasteiger partial charge on any atom is -0.186 e. The molecule has 0 amide bonds. The first-order chi connectivity index (χ1) is 2.83. The predicted molar refractivity (Wildman–Crippen MR) is 36.9 cm³/mol. The molecule has 0 heterocycles. The standard InChI is InChI=1S/2CO2.4CH4/c2*2-1-3;;;;/h;;4*1H4. The molecule has 0 aromatic heterocycles. The van der Waals surface area contributed by atoms with Gasteiger partial charge in [0.25, 0.3) is 0 Å². The van der Waals surface area contributed by atoms with Crippen LogP contribution in [0.3, 0.4) is 0 Å². The van der Waals surface area contributed by atoms with Crippen molar-refractivity contribution in [2.24, 2.45) is 0 Å². The summed E-state index contributed by atoms with van der Waals surface area (Å²) in [6.45, 7) is 0. The molecule has 64 valence electrons. The van der Waals surface area contributed by atoms with Gasteiger partial charge in [-0.25, -0.2) is 0 Å². The molecule has 4 heteroatoms. The van der Waals surface area contributed by atoms with Gasteiger partial charge in [-0.3, -0.25) is 0 Å². The third-order valence-electron chi connectivity index (χ3n) is 0. The molecule has 0 aromatic carbocycles. The van der Waals surface area contributed by atoms with Crippen LogP contribution in [0.1, 0.15) is 29.7 Å². The topological polar surface area (TPSA) is 68.3 Å². The van der Waals surface area contributed by atoms with E-state index >= 15 is 0 Å². The summed E-state index contributed by atoms with van der Waals surface area (Å²) >= 11 is 0. The lowest BCUT2D eigenvalue weighted by atomic mass is 11.8. The fourth-order valence-electron chi connectivity index (χ4n) is 0. The van der Waals surface area contributed by atoms with Gasteiger partial charge < -0.3 is 0 Å². The van der Waals surface area contributed by atoms with Crippen LogP contribution in [-0.2, 0) is 19.2 Å². The zero-order chi connectivity index (χ0) is 5.41. The van der Waals surface area contributed by atoms with Gasteiger partial charge in [0, 0.05) is 0 Å². The average molecular weight is 152 g/mol. The van der Waals surface area contributed by atoms with Crippen molar-refractivity contribution in [2.75, 3.05) is 0 Å². The molecule has 0 unspecified atom stereocenters. The monoisotopic (exact) mass is 152 g/mol. The van der Waals surface area contributed by atoms with Crippen LogP contribution in [0.25, 0.3) is 0 Å². The van der Waals surface area contributed by atoms with Crippen LogP contribution in [0.5, 0.6) is 0 Å². The molecule has 0 bridgehead atoms. The SMILES string of the molecule is C.C.C.C.O=C=O.O=C=O. The molecule has 0 aliphatic heterocycles.